The molecule has 0 spiro atoms. The highest BCUT2D eigenvalue weighted by atomic mass is 19.4. The Balaban J connectivity index is 1.72. The van der Waals surface area contributed by atoms with Crippen molar-refractivity contribution in [2.24, 2.45) is 0 Å². The van der Waals surface area contributed by atoms with E-state index >= 15 is 0 Å². The second-order valence-corrected chi connectivity index (χ2v) is 6.52. The van der Waals surface area contributed by atoms with Gasteiger partial charge in [-0.05, 0) is 41.8 Å². The van der Waals surface area contributed by atoms with Crippen molar-refractivity contribution in [3.8, 4) is 0 Å². The Morgan fingerprint density at radius 3 is 2.54 bits per heavy atom. The highest BCUT2D eigenvalue weighted by molar-refractivity contribution is 6.00. The van der Waals surface area contributed by atoms with Crippen LogP contribution in [0.2, 0.25) is 0 Å². The molecule has 1 aliphatic rings. The highest BCUT2D eigenvalue weighted by Gasteiger charge is 2.33. The van der Waals surface area contributed by atoms with Gasteiger partial charge in [0.05, 0.1) is 11.3 Å². The molecule has 1 heterocycles. The maximum atomic E-state index is 13.0. The summed E-state index contributed by atoms with van der Waals surface area (Å²) in [5.74, 6) is 0.0607. The molecular weight excluding hydrogens is 371 g/mol. The summed E-state index contributed by atoms with van der Waals surface area (Å²) in [5, 5.41) is 4.80. The van der Waals surface area contributed by atoms with Crippen LogP contribution in [0.1, 0.15) is 30.0 Å². The first-order valence-electron chi connectivity index (χ1n) is 8.91. The van der Waals surface area contributed by atoms with Gasteiger partial charge < -0.3 is 15.5 Å². The van der Waals surface area contributed by atoms with Crippen molar-refractivity contribution in [1.29, 1.82) is 0 Å². The summed E-state index contributed by atoms with van der Waals surface area (Å²) in [6, 6.07) is 9.33. The smallest absolute Gasteiger partial charge is 0.338 e. The predicted octanol–water partition coefficient (Wildman–Crippen LogP) is 4.64. The van der Waals surface area contributed by atoms with Gasteiger partial charge in [-0.3, -0.25) is 4.79 Å². The number of hydrogen-bond acceptors (Lipinski definition) is 2. The largest absolute Gasteiger partial charge is 0.418 e. The Labute approximate surface area is 160 Å². The second kappa shape index (κ2) is 7.92. The summed E-state index contributed by atoms with van der Waals surface area (Å²) in [6.07, 6.45) is -3.41. The number of urea groups is 1. The Bertz CT molecular complexity index is 897. The van der Waals surface area contributed by atoms with E-state index in [2.05, 4.69) is 10.6 Å². The summed E-state index contributed by atoms with van der Waals surface area (Å²) in [7, 11) is 0. The zero-order chi connectivity index (χ0) is 20.3. The average molecular weight is 391 g/mol. The summed E-state index contributed by atoms with van der Waals surface area (Å²) >= 11 is 0. The number of alkyl halides is 3. The van der Waals surface area contributed by atoms with Crippen molar-refractivity contribution in [2.45, 2.75) is 32.5 Å². The van der Waals surface area contributed by atoms with Gasteiger partial charge in [-0.1, -0.05) is 25.1 Å². The Morgan fingerprint density at radius 1 is 1.07 bits per heavy atom. The number of para-hydroxylation sites is 1. The molecule has 0 saturated heterocycles. The summed E-state index contributed by atoms with van der Waals surface area (Å²) in [4.78, 5) is 25.9. The Morgan fingerprint density at radius 2 is 1.82 bits per heavy atom. The van der Waals surface area contributed by atoms with Crippen LogP contribution in [0.15, 0.2) is 42.5 Å². The molecule has 0 bridgehead atoms. The number of carbonyl (C=O) groups excluding carboxylic acids is 2. The molecule has 2 N–H and O–H groups in total. The fourth-order valence-corrected chi connectivity index (χ4v) is 3.20. The molecule has 5 nitrogen and oxygen atoms in total. The Kier molecular flexibility index (Phi) is 5.58. The first kappa shape index (κ1) is 19.7. The van der Waals surface area contributed by atoms with Crippen LogP contribution in [-0.4, -0.2) is 23.4 Å². The Hall–Kier alpha value is -3.03. The fourth-order valence-electron chi connectivity index (χ4n) is 3.20. The molecule has 0 aliphatic carbocycles. The monoisotopic (exact) mass is 391 g/mol. The number of rotatable bonds is 3. The lowest BCUT2D eigenvalue weighted by molar-refractivity contribution is -0.137. The van der Waals surface area contributed by atoms with E-state index in [9.17, 15) is 22.8 Å². The van der Waals surface area contributed by atoms with E-state index in [1.54, 1.807) is 24.0 Å². The van der Waals surface area contributed by atoms with E-state index in [1.165, 1.54) is 18.2 Å². The van der Waals surface area contributed by atoms with Crippen LogP contribution in [0.4, 0.5) is 29.3 Å². The van der Waals surface area contributed by atoms with Gasteiger partial charge in [0.2, 0.25) is 5.91 Å². The van der Waals surface area contributed by atoms with E-state index in [0.29, 0.717) is 25.2 Å². The molecule has 0 aromatic heterocycles. The molecule has 0 fully saturated rings. The predicted molar refractivity (Wildman–Crippen MR) is 99.9 cm³/mol. The first-order valence-corrected chi connectivity index (χ1v) is 8.91. The van der Waals surface area contributed by atoms with Gasteiger partial charge in [-0.15, -0.1) is 0 Å². The second-order valence-electron chi connectivity index (χ2n) is 6.52. The SMILES string of the molecule is CCC(=O)N1CCc2ccc(NC(=O)Nc3ccccc3C(F)(F)F)cc2C1. The third-order valence-corrected chi connectivity index (χ3v) is 4.61. The molecule has 0 unspecified atom stereocenters. The van der Waals surface area contributed by atoms with Crippen LogP contribution in [-0.2, 0) is 23.9 Å². The van der Waals surface area contributed by atoms with Crippen molar-refractivity contribution in [3.05, 3.63) is 59.2 Å². The zero-order valence-corrected chi connectivity index (χ0v) is 15.3. The quantitative estimate of drug-likeness (QED) is 0.801. The number of anilines is 2. The number of amides is 3. The van der Waals surface area contributed by atoms with E-state index in [0.717, 1.165) is 23.6 Å². The number of halogens is 3. The highest BCUT2D eigenvalue weighted by Crippen LogP contribution is 2.34. The molecule has 28 heavy (non-hydrogen) atoms. The van der Waals surface area contributed by atoms with Crippen molar-refractivity contribution in [3.63, 3.8) is 0 Å². The van der Waals surface area contributed by atoms with E-state index in [4.69, 9.17) is 0 Å². The van der Waals surface area contributed by atoms with Gasteiger partial charge >= 0.3 is 12.2 Å². The minimum absolute atomic E-state index is 0.0607. The van der Waals surface area contributed by atoms with Gasteiger partial charge in [-0.25, -0.2) is 4.79 Å². The van der Waals surface area contributed by atoms with E-state index in [-0.39, 0.29) is 11.6 Å². The summed E-state index contributed by atoms with van der Waals surface area (Å²) in [6.45, 7) is 2.91. The number of fused-ring (bicyclic) bond motifs is 1. The zero-order valence-electron chi connectivity index (χ0n) is 15.3. The minimum Gasteiger partial charge on any atom is -0.338 e. The van der Waals surface area contributed by atoms with Crippen LogP contribution in [0.25, 0.3) is 0 Å². The lowest BCUT2D eigenvalue weighted by atomic mass is 9.99. The topological polar surface area (TPSA) is 61.4 Å². The van der Waals surface area contributed by atoms with Crippen molar-refractivity contribution < 1.29 is 22.8 Å². The molecule has 0 saturated carbocycles. The molecule has 0 atom stereocenters. The number of benzene rings is 2. The number of carbonyl (C=O) groups is 2. The average Bonchev–Trinajstić information content (AvgIpc) is 2.66. The molecular formula is C20H20F3N3O2. The van der Waals surface area contributed by atoms with Gasteiger partial charge in [-0.2, -0.15) is 13.2 Å². The molecule has 3 amide bonds. The van der Waals surface area contributed by atoms with Gasteiger partial charge in [0, 0.05) is 25.2 Å². The molecule has 148 valence electrons. The minimum atomic E-state index is -4.56. The van der Waals surface area contributed by atoms with E-state index in [1.807, 2.05) is 6.07 Å². The lowest BCUT2D eigenvalue weighted by Crippen LogP contribution is -2.35. The maximum Gasteiger partial charge on any atom is 0.418 e. The van der Waals surface area contributed by atoms with Crippen LogP contribution in [0, 0.1) is 0 Å². The fraction of sp³-hybridized carbons (Fsp3) is 0.300. The van der Waals surface area contributed by atoms with Gasteiger partial charge in [0.1, 0.15) is 0 Å². The third-order valence-electron chi connectivity index (χ3n) is 4.61. The number of nitrogens with one attached hydrogen (secondary N) is 2. The summed E-state index contributed by atoms with van der Waals surface area (Å²) in [5.41, 5.74) is 1.23. The van der Waals surface area contributed by atoms with Crippen LogP contribution in [0.3, 0.4) is 0 Å². The molecule has 0 radical (unpaired) electrons. The van der Waals surface area contributed by atoms with Crippen molar-refractivity contribution >= 4 is 23.3 Å². The summed E-state index contributed by atoms with van der Waals surface area (Å²) < 4.78 is 39.1. The standard InChI is InChI=1S/C20H20F3N3O2/c1-2-18(27)26-10-9-13-7-8-15(11-14(13)12-26)24-19(28)25-17-6-4-3-5-16(17)20(21,22)23/h3-8,11H,2,9-10,12H2,1H3,(H2,24,25,28). The number of nitrogens with zero attached hydrogens (tertiary/aromatic N) is 1. The first-order chi connectivity index (χ1) is 13.3. The van der Waals surface area contributed by atoms with Crippen molar-refractivity contribution in [1.82, 2.24) is 4.90 Å². The van der Waals surface area contributed by atoms with Gasteiger partial charge in [0.15, 0.2) is 0 Å². The lowest BCUT2D eigenvalue weighted by Gasteiger charge is -2.29. The molecule has 3 rings (SSSR count). The maximum absolute atomic E-state index is 13.0. The van der Waals surface area contributed by atoms with Crippen LogP contribution < -0.4 is 10.6 Å². The molecule has 8 heteroatoms. The van der Waals surface area contributed by atoms with E-state index < -0.39 is 17.8 Å². The van der Waals surface area contributed by atoms with Crippen LogP contribution in [0.5, 0.6) is 0 Å². The van der Waals surface area contributed by atoms with Crippen LogP contribution >= 0.6 is 0 Å². The molecule has 2 aromatic rings. The molecule has 2 aromatic carbocycles. The van der Waals surface area contributed by atoms with Crippen molar-refractivity contribution in [2.75, 3.05) is 17.2 Å². The molecule has 1 aliphatic heterocycles. The van der Waals surface area contributed by atoms with Gasteiger partial charge in [0.25, 0.3) is 0 Å². The third kappa shape index (κ3) is 4.44. The number of hydrogen-bond donors (Lipinski definition) is 2. The normalized spacial score (nSPS) is 13.6.